The van der Waals surface area contributed by atoms with Crippen molar-refractivity contribution in [3.05, 3.63) is 145 Å². The van der Waals surface area contributed by atoms with E-state index in [0.29, 0.717) is 0 Å². The molecular formula is C41H22N4O+2. The fourth-order valence-corrected chi connectivity index (χ4v) is 9.57. The number of rotatable bonds is 0. The van der Waals surface area contributed by atoms with E-state index in [-0.39, 0.29) is 0 Å². The summed E-state index contributed by atoms with van der Waals surface area (Å²) in [7, 11) is 0. The Morgan fingerprint density at radius 3 is 2.26 bits per heavy atom. The van der Waals surface area contributed by atoms with E-state index in [1.165, 1.54) is 81.9 Å². The number of para-hydroxylation sites is 2. The molecule has 13 rings (SSSR count). The maximum absolute atomic E-state index is 6.98. The summed E-state index contributed by atoms with van der Waals surface area (Å²) in [5.74, 6) is 2.90. The van der Waals surface area contributed by atoms with Crippen LogP contribution < -0.4 is 13.9 Å². The predicted octanol–water partition coefficient (Wildman–Crippen LogP) is 8.25. The Morgan fingerprint density at radius 1 is 0.543 bits per heavy atom. The molecule has 5 nitrogen and oxygen atoms in total. The van der Waals surface area contributed by atoms with Gasteiger partial charge >= 0.3 is 11.5 Å². The Balaban J connectivity index is 1.40. The first kappa shape index (κ1) is 22.3. The summed E-state index contributed by atoms with van der Waals surface area (Å²) < 4.78 is 17.0. The highest BCUT2D eigenvalue weighted by Crippen LogP contribution is 2.56. The van der Waals surface area contributed by atoms with Crippen LogP contribution in [0.15, 0.2) is 134 Å². The van der Waals surface area contributed by atoms with Crippen molar-refractivity contribution in [3.63, 3.8) is 0 Å². The van der Waals surface area contributed by atoms with E-state index in [0.717, 1.165) is 17.4 Å². The number of fused-ring (bicyclic) bond motifs is 13. The molecule has 0 amide bonds. The molecule has 10 aromatic rings. The van der Waals surface area contributed by atoms with Gasteiger partial charge in [0, 0.05) is 27.6 Å². The van der Waals surface area contributed by atoms with Gasteiger partial charge in [0.15, 0.2) is 16.8 Å². The Labute approximate surface area is 260 Å². The summed E-state index contributed by atoms with van der Waals surface area (Å²) in [5.41, 5.74) is 9.13. The van der Waals surface area contributed by atoms with Gasteiger partial charge in [-0.25, -0.2) is 0 Å². The molecule has 0 radical (unpaired) electrons. The second-order valence-corrected chi connectivity index (χ2v) is 12.9. The van der Waals surface area contributed by atoms with Gasteiger partial charge in [0.1, 0.15) is 16.6 Å². The standard InChI is InChI=1S/C41H22N4O/c1-2-10-24-23(9-1)16-19-31-35(24)28-18-21-34-45-39(28)40-36(27-12-4-6-14-30(27)43(31)40)41(45)37-32(46-34)20-17-26-25-11-3-5-13-29(25)44(38(26)37)33-15-7-8-22-42(33)41/h1-22H/q+2. The maximum Gasteiger partial charge on any atom is 0.378 e. The summed E-state index contributed by atoms with van der Waals surface area (Å²) in [6.45, 7) is 0. The fraction of sp³-hybridized carbons (Fsp3) is 0.0244. The minimum Gasteiger partial charge on any atom is -0.404 e. The monoisotopic (exact) mass is 586 g/mol. The van der Waals surface area contributed by atoms with Crippen molar-refractivity contribution in [2.45, 2.75) is 5.66 Å². The SMILES string of the molecule is c1cc[n+]2c(c1)-n1c3ccccc3c3ccc4c(c31)C21c2c3ccccc3n3c5ccc6ccccc6c5c5ccc([n+]1c5c23)O4. The molecule has 0 saturated heterocycles. The summed E-state index contributed by atoms with van der Waals surface area (Å²) in [5, 5.41) is 8.78. The quantitative estimate of drug-likeness (QED) is 0.130. The third-order valence-electron chi connectivity index (χ3n) is 11.1. The van der Waals surface area contributed by atoms with E-state index >= 15 is 0 Å². The number of hydrogen-bond acceptors (Lipinski definition) is 1. The van der Waals surface area contributed by atoms with Crippen molar-refractivity contribution < 1.29 is 13.9 Å². The lowest BCUT2D eigenvalue weighted by Gasteiger charge is -2.33. The average molecular weight is 587 g/mol. The molecule has 5 aromatic heterocycles. The predicted molar refractivity (Wildman–Crippen MR) is 180 cm³/mol. The fourth-order valence-electron chi connectivity index (χ4n) is 9.57. The van der Waals surface area contributed by atoms with Crippen molar-refractivity contribution in [1.29, 1.82) is 0 Å². The molecule has 46 heavy (non-hydrogen) atoms. The van der Waals surface area contributed by atoms with Crippen LogP contribution >= 0.6 is 0 Å². The highest BCUT2D eigenvalue weighted by Gasteiger charge is 2.68. The van der Waals surface area contributed by atoms with Crippen LogP contribution in [-0.4, -0.2) is 8.97 Å². The van der Waals surface area contributed by atoms with Gasteiger partial charge in [-0.1, -0.05) is 66.7 Å². The third-order valence-corrected chi connectivity index (χ3v) is 11.1. The van der Waals surface area contributed by atoms with Gasteiger partial charge in [-0.05, 0) is 59.3 Å². The molecule has 0 saturated carbocycles. The Kier molecular flexibility index (Phi) is 3.41. The van der Waals surface area contributed by atoms with Crippen molar-refractivity contribution in [3.8, 4) is 17.4 Å². The van der Waals surface area contributed by atoms with E-state index in [4.69, 9.17) is 4.74 Å². The second-order valence-electron chi connectivity index (χ2n) is 12.9. The number of nitrogens with zero attached hydrogens (tertiary/aromatic N) is 4. The first-order chi connectivity index (χ1) is 22.9. The summed E-state index contributed by atoms with van der Waals surface area (Å²) in [6, 6.07) is 46.7. The Morgan fingerprint density at radius 2 is 1.33 bits per heavy atom. The van der Waals surface area contributed by atoms with Crippen LogP contribution in [-0.2, 0) is 5.66 Å². The van der Waals surface area contributed by atoms with Crippen LogP contribution in [0.25, 0.3) is 76.6 Å². The molecule has 0 aliphatic carbocycles. The molecule has 0 fully saturated rings. The number of hydrogen-bond donors (Lipinski definition) is 0. The van der Waals surface area contributed by atoms with Gasteiger partial charge in [0.2, 0.25) is 5.52 Å². The molecule has 210 valence electrons. The minimum absolute atomic E-state index is 0.702. The molecule has 1 atom stereocenters. The Bertz CT molecular complexity index is 3130. The lowest BCUT2D eigenvalue weighted by molar-refractivity contribution is -0.958. The van der Waals surface area contributed by atoms with Crippen LogP contribution in [0.5, 0.6) is 11.6 Å². The molecule has 3 aliphatic rings. The zero-order valence-electron chi connectivity index (χ0n) is 24.4. The van der Waals surface area contributed by atoms with Crippen molar-refractivity contribution in [1.82, 2.24) is 8.97 Å². The number of ether oxygens (including phenoxy) is 1. The van der Waals surface area contributed by atoms with Gasteiger partial charge in [0.05, 0.1) is 28.7 Å². The number of aromatic nitrogens is 4. The molecular weight excluding hydrogens is 564 g/mol. The summed E-state index contributed by atoms with van der Waals surface area (Å²) in [6.07, 6.45) is 2.27. The molecule has 1 unspecified atom stereocenters. The molecule has 5 heteroatoms. The van der Waals surface area contributed by atoms with Crippen LogP contribution in [0.2, 0.25) is 0 Å². The number of pyridine rings is 3. The van der Waals surface area contributed by atoms with E-state index in [9.17, 15) is 0 Å². The van der Waals surface area contributed by atoms with Crippen molar-refractivity contribution >= 4 is 70.8 Å². The molecule has 3 aliphatic heterocycles. The molecule has 0 bridgehead atoms. The lowest BCUT2D eigenvalue weighted by atomic mass is 9.86. The third kappa shape index (κ3) is 2.08. The van der Waals surface area contributed by atoms with Crippen molar-refractivity contribution in [2.75, 3.05) is 0 Å². The second kappa shape index (κ2) is 7.03. The topological polar surface area (TPSA) is 26.3 Å². The van der Waals surface area contributed by atoms with Crippen molar-refractivity contribution in [2.24, 2.45) is 0 Å². The van der Waals surface area contributed by atoms with Gasteiger partial charge in [-0.15, -0.1) is 4.57 Å². The first-order valence-corrected chi connectivity index (χ1v) is 15.9. The molecule has 5 aromatic carbocycles. The average Bonchev–Trinajstić information content (AvgIpc) is 3.75. The highest BCUT2D eigenvalue weighted by molar-refractivity contribution is 6.24. The summed E-state index contributed by atoms with van der Waals surface area (Å²) in [4.78, 5) is 0. The van der Waals surface area contributed by atoms with Crippen LogP contribution in [0.4, 0.5) is 0 Å². The molecule has 8 heterocycles. The lowest BCUT2D eigenvalue weighted by Crippen LogP contribution is -2.76. The summed E-state index contributed by atoms with van der Waals surface area (Å²) >= 11 is 0. The van der Waals surface area contributed by atoms with Gasteiger partial charge in [0.25, 0.3) is 5.82 Å². The number of benzene rings is 5. The first-order valence-electron chi connectivity index (χ1n) is 15.9. The molecule has 0 N–H and O–H groups in total. The Hall–Kier alpha value is -6.20. The van der Waals surface area contributed by atoms with Gasteiger partial charge in [-0.3, -0.25) is 0 Å². The van der Waals surface area contributed by atoms with Crippen LogP contribution in [0.3, 0.4) is 0 Å². The van der Waals surface area contributed by atoms with Crippen LogP contribution in [0, 0.1) is 0 Å². The van der Waals surface area contributed by atoms with E-state index in [1.54, 1.807) is 0 Å². The van der Waals surface area contributed by atoms with Gasteiger partial charge < -0.3 is 9.14 Å². The normalized spacial score (nSPS) is 17.0. The van der Waals surface area contributed by atoms with E-state index < -0.39 is 5.66 Å². The van der Waals surface area contributed by atoms with E-state index in [1.807, 2.05) is 0 Å². The highest BCUT2D eigenvalue weighted by atomic mass is 16.5. The van der Waals surface area contributed by atoms with Gasteiger partial charge in [-0.2, -0.15) is 9.13 Å². The molecule has 1 spiro atoms. The maximum atomic E-state index is 6.98. The zero-order valence-corrected chi connectivity index (χ0v) is 24.4. The minimum atomic E-state index is -0.702. The van der Waals surface area contributed by atoms with Crippen LogP contribution in [0.1, 0.15) is 11.1 Å². The zero-order chi connectivity index (χ0) is 29.5. The van der Waals surface area contributed by atoms with E-state index in [2.05, 4.69) is 152 Å². The smallest absolute Gasteiger partial charge is 0.378 e. The largest absolute Gasteiger partial charge is 0.404 e.